The van der Waals surface area contributed by atoms with Gasteiger partial charge in [0.15, 0.2) is 5.13 Å². The van der Waals surface area contributed by atoms with Crippen LogP contribution in [-0.4, -0.2) is 55.2 Å². The average Bonchev–Trinajstić information content (AvgIpc) is 3.15. The molecule has 0 aliphatic carbocycles. The Balaban J connectivity index is 1.63. The number of fused-ring (bicyclic) bond motifs is 1. The molecule has 0 radical (unpaired) electrons. The third-order valence-electron chi connectivity index (χ3n) is 4.60. The van der Waals surface area contributed by atoms with E-state index in [9.17, 15) is 9.18 Å². The number of aromatic nitrogens is 1. The van der Waals surface area contributed by atoms with Crippen LogP contribution in [0.5, 0.6) is 0 Å². The topological polar surface area (TPSA) is 45.7 Å². The van der Waals surface area contributed by atoms with Crippen LogP contribution in [0.25, 0.3) is 10.2 Å². The second-order valence-electron chi connectivity index (χ2n) is 6.36. The van der Waals surface area contributed by atoms with Gasteiger partial charge in [-0.25, -0.2) is 9.37 Å². The first-order valence-corrected chi connectivity index (χ1v) is 9.76. The van der Waals surface area contributed by atoms with E-state index in [1.165, 1.54) is 17.4 Å². The first-order chi connectivity index (χ1) is 13.2. The Morgan fingerprint density at radius 3 is 2.67 bits per heavy atom. The van der Waals surface area contributed by atoms with E-state index in [4.69, 9.17) is 4.74 Å². The van der Waals surface area contributed by atoms with Crippen molar-refractivity contribution >= 4 is 32.6 Å². The minimum absolute atomic E-state index is 0.122. The molecule has 0 atom stereocenters. The summed E-state index contributed by atoms with van der Waals surface area (Å²) in [5, 5.41) is 0.525. The summed E-state index contributed by atoms with van der Waals surface area (Å²) in [6, 6.07) is 14.0. The van der Waals surface area contributed by atoms with Crippen molar-refractivity contribution in [2.45, 2.75) is 0 Å². The zero-order valence-electron chi connectivity index (χ0n) is 14.8. The fourth-order valence-corrected chi connectivity index (χ4v) is 4.11. The summed E-state index contributed by atoms with van der Waals surface area (Å²) in [5.41, 5.74) is 0.911. The van der Waals surface area contributed by atoms with Crippen molar-refractivity contribution < 1.29 is 13.9 Å². The third kappa shape index (κ3) is 4.00. The Bertz CT molecular complexity index is 925. The number of morpholine rings is 1. The number of halogens is 1. The molecule has 0 unspecified atom stereocenters. The number of benzene rings is 2. The SMILES string of the molecule is O=C(c1ccccc1)N(CCN1CCOCC1)c1nc2c(F)cccc2s1. The molecular weight excluding hydrogens is 365 g/mol. The second-order valence-corrected chi connectivity index (χ2v) is 7.37. The molecule has 1 amide bonds. The molecule has 1 saturated heterocycles. The van der Waals surface area contributed by atoms with Crippen LogP contribution in [0.2, 0.25) is 0 Å². The predicted octanol–water partition coefficient (Wildman–Crippen LogP) is 3.41. The zero-order valence-corrected chi connectivity index (χ0v) is 15.6. The van der Waals surface area contributed by atoms with Crippen molar-refractivity contribution in [1.82, 2.24) is 9.88 Å². The zero-order chi connectivity index (χ0) is 18.6. The number of para-hydroxylation sites is 1. The predicted molar refractivity (Wildman–Crippen MR) is 105 cm³/mol. The number of anilines is 1. The number of thiazole rings is 1. The van der Waals surface area contributed by atoms with Crippen molar-refractivity contribution in [2.24, 2.45) is 0 Å². The van der Waals surface area contributed by atoms with E-state index in [-0.39, 0.29) is 11.7 Å². The Hall–Kier alpha value is -2.35. The molecule has 140 valence electrons. The maximum Gasteiger partial charge on any atom is 0.260 e. The number of rotatable bonds is 5. The van der Waals surface area contributed by atoms with Gasteiger partial charge in [-0.15, -0.1) is 0 Å². The lowest BCUT2D eigenvalue weighted by atomic mass is 10.2. The fraction of sp³-hybridized carbons (Fsp3) is 0.300. The molecule has 27 heavy (non-hydrogen) atoms. The molecule has 1 aliphatic heterocycles. The second kappa shape index (κ2) is 8.12. The maximum atomic E-state index is 14.1. The van der Waals surface area contributed by atoms with Crippen LogP contribution in [0.1, 0.15) is 10.4 Å². The van der Waals surface area contributed by atoms with Gasteiger partial charge in [-0.3, -0.25) is 14.6 Å². The summed E-state index contributed by atoms with van der Waals surface area (Å²) < 4.78 is 20.2. The van der Waals surface area contributed by atoms with E-state index in [0.29, 0.717) is 36.0 Å². The van der Waals surface area contributed by atoms with Gasteiger partial charge in [0.1, 0.15) is 11.3 Å². The highest BCUT2D eigenvalue weighted by molar-refractivity contribution is 7.22. The molecule has 7 heteroatoms. The molecule has 1 aromatic heterocycles. The van der Waals surface area contributed by atoms with E-state index in [2.05, 4.69) is 9.88 Å². The molecule has 0 saturated carbocycles. The summed E-state index contributed by atoms with van der Waals surface area (Å²) in [5.74, 6) is -0.487. The molecule has 0 N–H and O–H groups in total. The van der Waals surface area contributed by atoms with Gasteiger partial charge in [-0.05, 0) is 24.3 Å². The smallest absolute Gasteiger partial charge is 0.260 e. The molecule has 0 bridgehead atoms. The lowest BCUT2D eigenvalue weighted by molar-refractivity contribution is 0.0391. The molecule has 2 aromatic carbocycles. The molecule has 3 aromatic rings. The monoisotopic (exact) mass is 385 g/mol. The van der Waals surface area contributed by atoms with E-state index >= 15 is 0 Å². The fourth-order valence-electron chi connectivity index (χ4n) is 3.11. The average molecular weight is 385 g/mol. The van der Waals surface area contributed by atoms with Crippen molar-refractivity contribution in [2.75, 3.05) is 44.3 Å². The van der Waals surface area contributed by atoms with Crippen LogP contribution in [0.4, 0.5) is 9.52 Å². The first-order valence-electron chi connectivity index (χ1n) is 8.94. The van der Waals surface area contributed by atoms with Crippen LogP contribution in [0.15, 0.2) is 48.5 Å². The summed E-state index contributed by atoms with van der Waals surface area (Å²) in [7, 11) is 0. The van der Waals surface area contributed by atoms with Crippen LogP contribution >= 0.6 is 11.3 Å². The quantitative estimate of drug-likeness (QED) is 0.675. The minimum Gasteiger partial charge on any atom is -0.379 e. The van der Waals surface area contributed by atoms with Crippen molar-refractivity contribution in [3.8, 4) is 0 Å². The molecule has 4 rings (SSSR count). The molecule has 2 heterocycles. The van der Waals surface area contributed by atoms with E-state index in [1.54, 1.807) is 23.1 Å². The summed E-state index contributed by atoms with van der Waals surface area (Å²) in [4.78, 5) is 21.5. The lowest BCUT2D eigenvalue weighted by Gasteiger charge is -2.29. The largest absolute Gasteiger partial charge is 0.379 e. The van der Waals surface area contributed by atoms with Crippen LogP contribution in [-0.2, 0) is 4.74 Å². The van der Waals surface area contributed by atoms with Gasteiger partial charge in [-0.2, -0.15) is 0 Å². The van der Waals surface area contributed by atoms with Crippen LogP contribution < -0.4 is 4.90 Å². The number of nitrogens with zero attached hydrogens (tertiary/aromatic N) is 3. The molecule has 0 spiro atoms. The highest BCUT2D eigenvalue weighted by Crippen LogP contribution is 2.31. The number of amides is 1. The van der Waals surface area contributed by atoms with Crippen molar-refractivity contribution in [3.05, 3.63) is 59.9 Å². The maximum absolute atomic E-state index is 14.1. The number of carbonyl (C=O) groups is 1. The standard InChI is InChI=1S/C20H20FN3O2S/c21-16-7-4-8-17-18(16)22-20(27-17)24(10-9-23-11-13-26-14-12-23)19(25)15-5-2-1-3-6-15/h1-8H,9-14H2. The van der Waals surface area contributed by atoms with Crippen molar-refractivity contribution in [3.63, 3.8) is 0 Å². The normalized spacial score (nSPS) is 15.1. The van der Waals surface area contributed by atoms with Gasteiger partial charge in [0.2, 0.25) is 0 Å². The molecule has 1 aliphatic rings. The lowest BCUT2D eigenvalue weighted by Crippen LogP contribution is -2.43. The third-order valence-corrected chi connectivity index (χ3v) is 5.64. The van der Waals surface area contributed by atoms with E-state index < -0.39 is 0 Å². The Morgan fingerprint density at radius 1 is 1.15 bits per heavy atom. The number of hydrogen-bond acceptors (Lipinski definition) is 5. The number of hydrogen-bond donors (Lipinski definition) is 0. The Morgan fingerprint density at radius 2 is 1.93 bits per heavy atom. The van der Waals surface area contributed by atoms with Crippen LogP contribution in [0, 0.1) is 5.82 Å². The highest BCUT2D eigenvalue weighted by atomic mass is 32.1. The van der Waals surface area contributed by atoms with Gasteiger partial charge < -0.3 is 4.74 Å². The Labute approximate surface area is 161 Å². The molecule has 1 fully saturated rings. The summed E-state index contributed by atoms with van der Waals surface area (Å²) >= 11 is 1.34. The van der Waals surface area contributed by atoms with E-state index in [0.717, 1.165) is 24.3 Å². The summed E-state index contributed by atoms with van der Waals surface area (Å²) in [6.07, 6.45) is 0. The number of ether oxygens (including phenoxy) is 1. The van der Waals surface area contributed by atoms with Gasteiger partial charge in [0, 0.05) is 31.7 Å². The van der Waals surface area contributed by atoms with Crippen LogP contribution in [0.3, 0.4) is 0 Å². The number of carbonyl (C=O) groups excluding carboxylic acids is 1. The van der Waals surface area contributed by atoms with Gasteiger partial charge in [0.05, 0.1) is 17.9 Å². The van der Waals surface area contributed by atoms with Gasteiger partial charge >= 0.3 is 0 Å². The molecular formula is C20H20FN3O2S. The first kappa shape index (κ1) is 18.0. The van der Waals surface area contributed by atoms with E-state index in [1.807, 2.05) is 24.3 Å². The minimum atomic E-state index is -0.365. The Kier molecular flexibility index (Phi) is 5.42. The van der Waals surface area contributed by atoms with Crippen molar-refractivity contribution in [1.29, 1.82) is 0 Å². The molecule has 5 nitrogen and oxygen atoms in total. The highest BCUT2D eigenvalue weighted by Gasteiger charge is 2.23. The van der Waals surface area contributed by atoms with Gasteiger partial charge in [-0.1, -0.05) is 35.6 Å². The van der Waals surface area contributed by atoms with Gasteiger partial charge in [0.25, 0.3) is 5.91 Å². The summed E-state index contributed by atoms with van der Waals surface area (Å²) in [6.45, 7) is 4.33.